The summed E-state index contributed by atoms with van der Waals surface area (Å²) in [6.45, 7) is 1.28. The highest BCUT2D eigenvalue weighted by atomic mass is 16.5. The van der Waals surface area contributed by atoms with Crippen molar-refractivity contribution in [3.8, 4) is 0 Å². The Bertz CT molecular complexity index is 245. The number of hydrogen-bond donors (Lipinski definition) is 1. The van der Waals surface area contributed by atoms with Crippen molar-refractivity contribution in [1.82, 2.24) is 0 Å². The zero-order chi connectivity index (χ0) is 12.0. The van der Waals surface area contributed by atoms with Crippen LogP contribution in [0.5, 0.6) is 0 Å². The normalized spacial score (nSPS) is 22.4. The molecule has 0 aliphatic carbocycles. The number of carboxylic acids is 1. The van der Waals surface area contributed by atoms with Gasteiger partial charge in [-0.25, -0.2) is 0 Å². The molecule has 0 radical (unpaired) electrons. The molecule has 92 valence electrons. The Morgan fingerprint density at radius 3 is 2.75 bits per heavy atom. The molecular formula is C11H18O5. The van der Waals surface area contributed by atoms with Gasteiger partial charge in [-0.3, -0.25) is 9.59 Å². The van der Waals surface area contributed by atoms with Crippen LogP contribution in [-0.2, 0) is 19.1 Å². The van der Waals surface area contributed by atoms with Crippen LogP contribution in [0.15, 0.2) is 0 Å². The van der Waals surface area contributed by atoms with E-state index in [2.05, 4.69) is 4.74 Å². The second kappa shape index (κ2) is 6.48. The van der Waals surface area contributed by atoms with Gasteiger partial charge in [-0.2, -0.15) is 0 Å². The molecule has 1 heterocycles. The molecule has 0 aromatic carbocycles. The van der Waals surface area contributed by atoms with Gasteiger partial charge in [0.1, 0.15) is 0 Å². The molecule has 1 aliphatic heterocycles. The minimum Gasteiger partial charge on any atom is -0.481 e. The summed E-state index contributed by atoms with van der Waals surface area (Å²) in [4.78, 5) is 21.9. The molecule has 0 saturated carbocycles. The van der Waals surface area contributed by atoms with Crippen molar-refractivity contribution < 1.29 is 24.2 Å². The lowest BCUT2D eigenvalue weighted by molar-refractivity contribution is -0.144. The number of methoxy groups -OCH3 is 1. The average molecular weight is 230 g/mol. The van der Waals surface area contributed by atoms with E-state index in [-0.39, 0.29) is 30.6 Å². The van der Waals surface area contributed by atoms with E-state index in [4.69, 9.17) is 9.84 Å². The van der Waals surface area contributed by atoms with Crippen molar-refractivity contribution in [3.05, 3.63) is 0 Å². The molecule has 2 unspecified atom stereocenters. The van der Waals surface area contributed by atoms with Crippen molar-refractivity contribution in [3.63, 3.8) is 0 Å². The van der Waals surface area contributed by atoms with Gasteiger partial charge in [-0.15, -0.1) is 0 Å². The van der Waals surface area contributed by atoms with Crippen LogP contribution in [0.1, 0.15) is 25.7 Å². The lowest BCUT2D eigenvalue weighted by Crippen LogP contribution is -2.29. The maximum absolute atomic E-state index is 11.2. The topological polar surface area (TPSA) is 72.8 Å². The van der Waals surface area contributed by atoms with Gasteiger partial charge >= 0.3 is 11.9 Å². The molecule has 1 N–H and O–H groups in total. The third-order valence-corrected chi connectivity index (χ3v) is 2.96. The van der Waals surface area contributed by atoms with Crippen LogP contribution < -0.4 is 0 Å². The molecule has 1 aliphatic rings. The van der Waals surface area contributed by atoms with Crippen molar-refractivity contribution in [2.24, 2.45) is 11.8 Å². The molecule has 5 heteroatoms. The Labute approximate surface area is 94.7 Å². The molecule has 1 saturated heterocycles. The first-order chi connectivity index (χ1) is 7.63. The first-order valence-electron chi connectivity index (χ1n) is 5.50. The lowest BCUT2D eigenvalue weighted by Gasteiger charge is -2.28. The molecular weight excluding hydrogens is 212 g/mol. The Morgan fingerprint density at radius 1 is 1.50 bits per heavy atom. The predicted octanol–water partition coefficient (Wildman–Crippen LogP) is 1.07. The molecule has 0 aromatic rings. The standard InChI is InChI=1S/C11H18O5/c1-15-11(14)6-9(5-10(12)13)8-3-2-4-16-7-8/h8-9H,2-7H2,1H3,(H,12,13). The summed E-state index contributed by atoms with van der Waals surface area (Å²) in [6, 6.07) is 0. The molecule has 0 spiro atoms. The van der Waals surface area contributed by atoms with E-state index in [0.717, 1.165) is 19.4 Å². The van der Waals surface area contributed by atoms with Gasteiger partial charge in [0.05, 0.1) is 7.11 Å². The number of hydrogen-bond acceptors (Lipinski definition) is 4. The lowest BCUT2D eigenvalue weighted by atomic mass is 9.83. The fraction of sp³-hybridized carbons (Fsp3) is 0.818. The Kier molecular flexibility index (Phi) is 5.25. The van der Waals surface area contributed by atoms with Crippen LogP contribution in [0.2, 0.25) is 0 Å². The summed E-state index contributed by atoms with van der Waals surface area (Å²) in [5.41, 5.74) is 0. The van der Waals surface area contributed by atoms with Gasteiger partial charge < -0.3 is 14.6 Å². The zero-order valence-corrected chi connectivity index (χ0v) is 9.48. The summed E-state index contributed by atoms with van der Waals surface area (Å²) in [5, 5.41) is 8.81. The highest BCUT2D eigenvalue weighted by molar-refractivity contribution is 5.72. The van der Waals surface area contributed by atoms with Crippen LogP contribution in [0.4, 0.5) is 0 Å². The molecule has 0 amide bonds. The van der Waals surface area contributed by atoms with Crippen LogP contribution in [0.25, 0.3) is 0 Å². The fourth-order valence-electron chi connectivity index (χ4n) is 2.06. The highest BCUT2D eigenvalue weighted by Crippen LogP contribution is 2.27. The van der Waals surface area contributed by atoms with Crippen LogP contribution in [0, 0.1) is 11.8 Å². The summed E-state index contributed by atoms with van der Waals surface area (Å²) in [7, 11) is 1.32. The quantitative estimate of drug-likeness (QED) is 0.715. The summed E-state index contributed by atoms with van der Waals surface area (Å²) in [5.74, 6) is -1.24. The molecule has 2 atom stereocenters. The van der Waals surface area contributed by atoms with E-state index in [1.165, 1.54) is 7.11 Å². The average Bonchev–Trinajstić information content (AvgIpc) is 2.28. The van der Waals surface area contributed by atoms with Crippen molar-refractivity contribution in [1.29, 1.82) is 0 Å². The Morgan fingerprint density at radius 2 is 2.25 bits per heavy atom. The van der Waals surface area contributed by atoms with Gasteiger partial charge in [0.25, 0.3) is 0 Å². The summed E-state index contributed by atoms with van der Waals surface area (Å²) < 4.78 is 9.90. The van der Waals surface area contributed by atoms with E-state index in [9.17, 15) is 9.59 Å². The van der Waals surface area contributed by atoms with Crippen molar-refractivity contribution in [2.75, 3.05) is 20.3 Å². The molecule has 0 bridgehead atoms. The van der Waals surface area contributed by atoms with E-state index in [0.29, 0.717) is 6.61 Å². The van der Waals surface area contributed by atoms with Crippen LogP contribution >= 0.6 is 0 Å². The monoisotopic (exact) mass is 230 g/mol. The minimum atomic E-state index is -0.875. The second-order valence-corrected chi connectivity index (χ2v) is 4.12. The van der Waals surface area contributed by atoms with Crippen molar-refractivity contribution in [2.45, 2.75) is 25.7 Å². The highest BCUT2D eigenvalue weighted by Gasteiger charge is 2.28. The number of ether oxygens (including phenoxy) is 2. The largest absolute Gasteiger partial charge is 0.481 e. The van der Waals surface area contributed by atoms with E-state index in [1.54, 1.807) is 0 Å². The third-order valence-electron chi connectivity index (χ3n) is 2.96. The van der Waals surface area contributed by atoms with Gasteiger partial charge in [0, 0.05) is 26.1 Å². The molecule has 0 aromatic heterocycles. The Hall–Kier alpha value is -1.10. The number of carboxylic acid groups (broad SMARTS) is 1. The number of esters is 1. The first kappa shape index (κ1) is 13.0. The Balaban J connectivity index is 2.53. The fourth-order valence-corrected chi connectivity index (χ4v) is 2.06. The first-order valence-corrected chi connectivity index (χ1v) is 5.50. The SMILES string of the molecule is COC(=O)CC(CC(=O)O)C1CCCOC1. The zero-order valence-electron chi connectivity index (χ0n) is 9.48. The van der Waals surface area contributed by atoms with Crippen LogP contribution in [0.3, 0.4) is 0 Å². The third kappa shape index (κ3) is 4.18. The van der Waals surface area contributed by atoms with E-state index in [1.807, 2.05) is 0 Å². The van der Waals surface area contributed by atoms with E-state index < -0.39 is 5.97 Å². The van der Waals surface area contributed by atoms with Gasteiger partial charge in [0.15, 0.2) is 0 Å². The number of carbonyl (C=O) groups is 2. The van der Waals surface area contributed by atoms with E-state index >= 15 is 0 Å². The number of rotatable bonds is 5. The predicted molar refractivity (Wildman–Crippen MR) is 55.9 cm³/mol. The van der Waals surface area contributed by atoms with Gasteiger partial charge in [-0.1, -0.05) is 0 Å². The summed E-state index contributed by atoms with van der Waals surface area (Å²) >= 11 is 0. The molecule has 5 nitrogen and oxygen atoms in total. The minimum absolute atomic E-state index is 0.00310. The molecule has 1 rings (SSSR count). The maximum Gasteiger partial charge on any atom is 0.305 e. The number of aliphatic carboxylic acids is 1. The van der Waals surface area contributed by atoms with Crippen molar-refractivity contribution >= 4 is 11.9 Å². The maximum atomic E-state index is 11.2. The molecule has 16 heavy (non-hydrogen) atoms. The van der Waals surface area contributed by atoms with Gasteiger partial charge in [0.2, 0.25) is 0 Å². The van der Waals surface area contributed by atoms with Crippen LogP contribution in [-0.4, -0.2) is 37.4 Å². The smallest absolute Gasteiger partial charge is 0.305 e. The van der Waals surface area contributed by atoms with Gasteiger partial charge in [-0.05, 0) is 24.7 Å². The summed E-state index contributed by atoms with van der Waals surface area (Å²) in [6.07, 6.45) is 2.02. The second-order valence-electron chi connectivity index (χ2n) is 4.12. The number of carbonyl (C=O) groups excluding carboxylic acids is 1. The molecule has 1 fully saturated rings.